The zero-order valence-electron chi connectivity index (χ0n) is 15.2. The van der Waals surface area contributed by atoms with Crippen LogP contribution in [0.15, 0.2) is 59.6 Å². The van der Waals surface area contributed by atoms with Gasteiger partial charge in [0, 0.05) is 13.1 Å². The Labute approximate surface area is 155 Å². The minimum Gasteiger partial charge on any atom is -0.357 e. The summed E-state index contributed by atoms with van der Waals surface area (Å²) in [5, 5.41) is 6.52. The minimum atomic E-state index is -3.28. The molecule has 140 valence electrons. The van der Waals surface area contributed by atoms with Crippen molar-refractivity contribution in [1.82, 2.24) is 15.4 Å². The molecular weight excluding hydrogens is 348 g/mol. The number of rotatable bonds is 8. The van der Waals surface area contributed by atoms with Crippen molar-refractivity contribution in [1.29, 1.82) is 0 Å². The van der Waals surface area contributed by atoms with Gasteiger partial charge < -0.3 is 10.6 Å². The van der Waals surface area contributed by atoms with Crippen molar-refractivity contribution in [3.8, 4) is 0 Å². The Bertz CT molecular complexity index is 820. The van der Waals surface area contributed by atoms with Crippen LogP contribution in [0.3, 0.4) is 0 Å². The number of sulfonamides is 1. The van der Waals surface area contributed by atoms with Crippen LogP contribution < -0.4 is 15.4 Å². The molecule has 2 aromatic rings. The van der Waals surface area contributed by atoms with Gasteiger partial charge in [-0.15, -0.1) is 0 Å². The third-order valence-corrected chi connectivity index (χ3v) is 5.06. The Balaban J connectivity index is 2.02. The summed E-state index contributed by atoms with van der Waals surface area (Å²) in [6.07, 6.45) is 0. The van der Waals surface area contributed by atoms with Gasteiger partial charge in [-0.1, -0.05) is 54.6 Å². The number of nitrogens with one attached hydrogen (secondary N) is 3. The third-order valence-electron chi connectivity index (χ3n) is 3.73. The highest BCUT2D eigenvalue weighted by Gasteiger charge is 2.08. The highest BCUT2D eigenvalue weighted by atomic mass is 32.2. The van der Waals surface area contributed by atoms with Gasteiger partial charge in [0.25, 0.3) is 0 Å². The molecule has 0 atom stereocenters. The molecule has 3 N–H and O–H groups in total. The van der Waals surface area contributed by atoms with Crippen LogP contribution in [0, 0.1) is 0 Å². The maximum atomic E-state index is 11.7. The normalized spacial score (nSPS) is 12.0. The first-order chi connectivity index (χ1) is 12.5. The molecule has 0 aliphatic rings. The zero-order valence-corrected chi connectivity index (χ0v) is 16.0. The van der Waals surface area contributed by atoms with Crippen molar-refractivity contribution in [3.63, 3.8) is 0 Å². The van der Waals surface area contributed by atoms with Crippen LogP contribution in [0.4, 0.5) is 0 Å². The van der Waals surface area contributed by atoms with Crippen molar-refractivity contribution < 1.29 is 8.42 Å². The van der Waals surface area contributed by atoms with E-state index in [0.717, 1.165) is 23.6 Å². The van der Waals surface area contributed by atoms with E-state index in [1.807, 2.05) is 43.3 Å². The Morgan fingerprint density at radius 3 is 2.35 bits per heavy atom. The average Bonchev–Trinajstić information content (AvgIpc) is 2.65. The SMILES string of the molecule is CCNC(=NCc1cccc(CS(=O)(=O)NC)c1)NCc1ccccc1. The average molecular weight is 375 g/mol. The van der Waals surface area contributed by atoms with Gasteiger partial charge >= 0.3 is 0 Å². The summed E-state index contributed by atoms with van der Waals surface area (Å²) in [6.45, 7) is 3.94. The molecule has 7 heteroatoms. The lowest BCUT2D eigenvalue weighted by Crippen LogP contribution is -2.36. The lowest BCUT2D eigenvalue weighted by molar-refractivity contribution is 0.587. The number of nitrogens with zero attached hydrogens (tertiary/aromatic N) is 1. The Morgan fingerprint density at radius 2 is 1.65 bits per heavy atom. The fraction of sp³-hybridized carbons (Fsp3) is 0.316. The summed E-state index contributed by atoms with van der Waals surface area (Å²) in [4.78, 5) is 4.59. The molecule has 0 aromatic heterocycles. The number of aliphatic imine (C=N–C) groups is 1. The first kappa shape index (κ1) is 19.9. The van der Waals surface area contributed by atoms with E-state index in [4.69, 9.17) is 0 Å². The predicted molar refractivity (Wildman–Crippen MR) is 106 cm³/mol. The van der Waals surface area contributed by atoms with Gasteiger partial charge in [0.05, 0.1) is 12.3 Å². The van der Waals surface area contributed by atoms with Crippen LogP contribution in [-0.4, -0.2) is 28.0 Å². The molecule has 0 aliphatic heterocycles. The Kier molecular flexibility index (Phi) is 7.62. The first-order valence-electron chi connectivity index (χ1n) is 8.57. The van der Waals surface area contributed by atoms with Gasteiger partial charge in [0.15, 0.2) is 5.96 Å². The molecule has 0 aliphatic carbocycles. The second-order valence-electron chi connectivity index (χ2n) is 5.82. The highest BCUT2D eigenvalue weighted by Crippen LogP contribution is 2.09. The number of guanidine groups is 1. The molecule has 0 unspecified atom stereocenters. The number of hydrogen-bond donors (Lipinski definition) is 3. The maximum absolute atomic E-state index is 11.7. The largest absolute Gasteiger partial charge is 0.357 e. The standard InChI is InChI=1S/C19H26N4O2S/c1-3-21-19(22-13-16-8-5-4-6-9-16)23-14-17-10-7-11-18(12-17)15-26(24,25)20-2/h4-12,20H,3,13-15H2,1-2H3,(H2,21,22,23). The minimum absolute atomic E-state index is 0.0343. The molecule has 2 aromatic carbocycles. The van der Waals surface area contributed by atoms with E-state index in [0.29, 0.717) is 13.1 Å². The summed E-state index contributed by atoms with van der Waals surface area (Å²) < 4.78 is 25.7. The van der Waals surface area contributed by atoms with Gasteiger partial charge in [-0.05, 0) is 30.7 Å². The quantitative estimate of drug-likeness (QED) is 0.487. The van der Waals surface area contributed by atoms with Crippen molar-refractivity contribution in [2.45, 2.75) is 25.8 Å². The van der Waals surface area contributed by atoms with Gasteiger partial charge in [0.2, 0.25) is 10.0 Å². The van der Waals surface area contributed by atoms with E-state index in [9.17, 15) is 8.42 Å². The monoisotopic (exact) mass is 374 g/mol. The van der Waals surface area contributed by atoms with Crippen molar-refractivity contribution in [2.75, 3.05) is 13.6 Å². The summed E-state index contributed by atoms with van der Waals surface area (Å²) in [6, 6.07) is 17.6. The van der Waals surface area contributed by atoms with Crippen molar-refractivity contribution in [2.24, 2.45) is 4.99 Å². The summed E-state index contributed by atoms with van der Waals surface area (Å²) >= 11 is 0. The predicted octanol–water partition coefficient (Wildman–Crippen LogP) is 1.99. The van der Waals surface area contributed by atoms with Gasteiger partial charge in [-0.25, -0.2) is 18.1 Å². The molecule has 2 rings (SSSR count). The summed E-state index contributed by atoms with van der Waals surface area (Å²) in [7, 11) is -1.86. The van der Waals surface area contributed by atoms with Crippen LogP contribution in [0.1, 0.15) is 23.6 Å². The molecular formula is C19H26N4O2S. The third kappa shape index (κ3) is 6.85. The van der Waals surface area contributed by atoms with E-state index in [2.05, 4.69) is 32.5 Å². The van der Waals surface area contributed by atoms with Crippen LogP contribution in [0.2, 0.25) is 0 Å². The van der Waals surface area contributed by atoms with Crippen LogP contribution in [0.25, 0.3) is 0 Å². The fourth-order valence-corrected chi connectivity index (χ4v) is 3.17. The van der Waals surface area contributed by atoms with E-state index in [1.54, 1.807) is 6.07 Å². The van der Waals surface area contributed by atoms with E-state index in [-0.39, 0.29) is 5.75 Å². The van der Waals surface area contributed by atoms with Gasteiger partial charge in [-0.2, -0.15) is 0 Å². The first-order valence-corrected chi connectivity index (χ1v) is 10.2. The van der Waals surface area contributed by atoms with Gasteiger partial charge in [-0.3, -0.25) is 0 Å². The molecule has 6 nitrogen and oxygen atoms in total. The topological polar surface area (TPSA) is 82.6 Å². The van der Waals surface area contributed by atoms with E-state index >= 15 is 0 Å². The summed E-state index contributed by atoms with van der Waals surface area (Å²) in [5.41, 5.74) is 2.89. The van der Waals surface area contributed by atoms with E-state index in [1.165, 1.54) is 12.6 Å². The summed E-state index contributed by atoms with van der Waals surface area (Å²) in [5.74, 6) is 0.692. The molecule has 0 heterocycles. The maximum Gasteiger partial charge on any atom is 0.215 e. The lowest BCUT2D eigenvalue weighted by Gasteiger charge is -2.11. The van der Waals surface area contributed by atoms with Crippen LogP contribution >= 0.6 is 0 Å². The Hall–Kier alpha value is -2.38. The second-order valence-corrected chi connectivity index (χ2v) is 7.74. The highest BCUT2D eigenvalue weighted by molar-refractivity contribution is 7.88. The number of hydrogen-bond acceptors (Lipinski definition) is 3. The molecule has 0 saturated heterocycles. The van der Waals surface area contributed by atoms with Crippen LogP contribution in [-0.2, 0) is 28.9 Å². The molecule has 0 amide bonds. The molecule has 0 fully saturated rings. The number of benzene rings is 2. The van der Waals surface area contributed by atoms with E-state index < -0.39 is 10.0 Å². The molecule has 26 heavy (non-hydrogen) atoms. The smallest absolute Gasteiger partial charge is 0.215 e. The van der Waals surface area contributed by atoms with Crippen molar-refractivity contribution >= 4 is 16.0 Å². The second kappa shape index (κ2) is 9.94. The van der Waals surface area contributed by atoms with Gasteiger partial charge in [0.1, 0.15) is 0 Å². The molecule has 0 radical (unpaired) electrons. The zero-order chi connectivity index (χ0) is 18.8. The molecule has 0 saturated carbocycles. The Morgan fingerprint density at radius 1 is 0.962 bits per heavy atom. The van der Waals surface area contributed by atoms with Crippen LogP contribution in [0.5, 0.6) is 0 Å². The molecule has 0 bridgehead atoms. The fourth-order valence-electron chi connectivity index (χ4n) is 2.40. The lowest BCUT2D eigenvalue weighted by atomic mass is 10.1. The molecule has 0 spiro atoms. The van der Waals surface area contributed by atoms with Crippen molar-refractivity contribution in [3.05, 3.63) is 71.3 Å².